The lowest BCUT2D eigenvalue weighted by Gasteiger charge is -2.15. The Kier molecular flexibility index (Phi) is 10.8. The van der Waals surface area contributed by atoms with Crippen molar-refractivity contribution in [2.45, 2.75) is 13.0 Å². The van der Waals surface area contributed by atoms with Crippen LogP contribution in [0.1, 0.15) is 10.4 Å². The highest BCUT2D eigenvalue weighted by Gasteiger charge is 2.07. The molecule has 27 heavy (non-hydrogen) atoms. The number of methoxy groups -OCH3 is 1. The van der Waals surface area contributed by atoms with E-state index in [0.717, 1.165) is 24.3 Å². The number of likely N-dealkylation sites (N-methyl/N-ethyl adjacent to an activating group) is 1. The van der Waals surface area contributed by atoms with Crippen LogP contribution in [0, 0.1) is 0 Å². The van der Waals surface area contributed by atoms with E-state index in [4.69, 9.17) is 4.74 Å². The molecular formula is C19H27IN4O2S. The monoisotopic (exact) mass is 502 g/mol. The lowest BCUT2D eigenvalue weighted by molar-refractivity contribution is -0.127. The Labute approximate surface area is 182 Å². The van der Waals surface area contributed by atoms with Gasteiger partial charge >= 0.3 is 0 Å². The fourth-order valence-corrected chi connectivity index (χ4v) is 2.96. The first kappa shape index (κ1) is 23.2. The predicted molar refractivity (Wildman–Crippen MR) is 122 cm³/mol. The number of guanidine groups is 1. The van der Waals surface area contributed by atoms with E-state index < -0.39 is 0 Å². The van der Waals surface area contributed by atoms with Crippen LogP contribution in [0.4, 0.5) is 0 Å². The van der Waals surface area contributed by atoms with Gasteiger partial charge in [0.1, 0.15) is 5.75 Å². The molecular weight excluding hydrogens is 475 g/mol. The maximum atomic E-state index is 11.8. The van der Waals surface area contributed by atoms with Crippen LogP contribution in [0.3, 0.4) is 0 Å². The van der Waals surface area contributed by atoms with E-state index in [1.807, 2.05) is 30.3 Å². The van der Waals surface area contributed by atoms with Crippen LogP contribution in [-0.4, -0.2) is 51.1 Å². The van der Waals surface area contributed by atoms with Crippen molar-refractivity contribution in [3.63, 3.8) is 0 Å². The lowest BCUT2D eigenvalue weighted by atomic mass is 10.2. The zero-order chi connectivity index (χ0) is 18.8. The zero-order valence-electron chi connectivity index (χ0n) is 15.9. The van der Waals surface area contributed by atoms with Crippen LogP contribution in [-0.2, 0) is 17.8 Å². The summed E-state index contributed by atoms with van der Waals surface area (Å²) in [5, 5.41) is 8.46. The van der Waals surface area contributed by atoms with Gasteiger partial charge in [-0.3, -0.25) is 4.79 Å². The van der Waals surface area contributed by atoms with Gasteiger partial charge in [0.05, 0.1) is 20.2 Å². The molecule has 0 saturated heterocycles. The van der Waals surface area contributed by atoms with Gasteiger partial charge in [0.15, 0.2) is 5.96 Å². The molecule has 2 aromatic rings. The summed E-state index contributed by atoms with van der Waals surface area (Å²) in [7, 11) is 5.12. The van der Waals surface area contributed by atoms with Crippen molar-refractivity contribution in [1.82, 2.24) is 15.5 Å². The summed E-state index contributed by atoms with van der Waals surface area (Å²) in [4.78, 5) is 19.3. The number of halogens is 1. The van der Waals surface area contributed by atoms with Gasteiger partial charge in [0.2, 0.25) is 5.91 Å². The summed E-state index contributed by atoms with van der Waals surface area (Å²) in [6, 6.07) is 11.9. The van der Waals surface area contributed by atoms with Gasteiger partial charge in [-0.15, -0.1) is 35.3 Å². The average Bonchev–Trinajstić information content (AvgIpc) is 3.16. The molecule has 0 fully saturated rings. The van der Waals surface area contributed by atoms with Crippen LogP contribution in [0.15, 0.2) is 46.8 Å². The average molecular weight is 502 g/mol. The molecule has 1 amide bonds. The number of para-hydroxylation sites is 1. The Morgan fingerprint density at radius 2 is 1.96 bits per heavy atom. The number of rotatable bonds is 8. The third-order valence-electron chi connectivity index (χ3n) is 3.75. The number of carbonyl (C=O) groups is 1. The van der Waals surface area contributed by atoms with Crippen molar-refractivity contribution in [1.29, 1.82) is 0 Å². The molecule has 0 aliphatic rings. The summed E-state index contributed by atoms with van der Waals surface area (Å²) in [6.45, 7) is 1.41. The highest BCUT2D eigenvalue weighted by molar-refractivity contribution is 14.0. The minimum atomic E-state index is -0.00458. The molecule has 0 unspecified atom stereocenters. The third-order valence-corrected chi connectivity index (χ3v) is 4.69. The molecule has 0 radical (unpaired) electrons. The Bertz CT molecular complexity index is 720. The van der Waals surface area contributed by atoms with Gasteiger partial charge < -0.3 is 20.3 Å². The molecule has 1 heterocycles. The van der Waals surface area contributed by atoms with E-state index in [1.54, 1.807) is 37.4 Å². The number of hydrogen-bond donors (Lipinski definition) is 2. The largest absolute Gasteiger partial charge is 0.496 e. The van der Waals surface area contributed by atoms with Crippen LogP contribution in [0.25, 0.3) is 0 Å². The normalized spacial score (nSPS) is 10.7. The second-order valence-corrected chi connectivity index (χ2v) is 6.91. The molecule has 8 heteroatoms. The second-order valence-electron chi connectivity index (χ2n) is 5.87. The van der Waals surface area contributed by atoms with E-state index >= 15 is 0 Å². The number of thiophene rings is 1. The molecule has 0 saturated carbocycles. The highest BCUT2D eigenvalue weighted by atomic mass is 127. The lowest BCUT2D eigenvalue weighted by Crippen LogP contribution is -2.43. The van der Waals surface area contributed by atoms with Gasteiger partial charge in [-0.2, -0.15) is 0 Å². The molecule has 0 atom stereocenters. The Morgan fingerprint density at radius 3 is 2.63 bits per heavy atom. The summed E-state index contributed by atoms with van der Waals surface area (Å²) in [5.41, 5.74) is 0.994. The van der Waals surface area contributed by atoms with Gasteiger partial charge in [-0.1, -0.05) is 24.3 Å². The van der Waals surface area contributed by atoms with Gasteiger partial charge in [0.25, 0.3) is 0 Å². The van der Waals surface area contributed by atoms with Crippen molar-refractivity contribution < 1.29 is 9.53 Å². The molecule has 6 nitrogen and oxygen atoms in total. The Balaban J connectivity index is 0.00000364. The van der Waals surface area contributed by atoms with E-state index in [2.05, 4.69) is 27.1 Å². The smallest absolute Gasteiger partial charge is 0.241 e. The van der Waals surface area contributed by atoms with Crippen LogP contribution >= 0.6 is 35.3 Å². The fraction of sp³-hybridized carbons (Fsp3) is 0.368. The van der Waals surface area contributed by atoms with Gasteiger partial charge in [-0.05, 0) is 23.9 Å². The molecule has 1 aromatic heterocycles. The number of ether oxygens (including phenoxy) is 1. The van der Waals surface area contributed by atoms with Crippen molar-refractivity contribution in [2.24, 2.45) is 4.99 Å². The summed E-state index contributed by atoms with van der Waals surface area (Å²) >= 11 is 1.73. The first-order valence-electron chi connectivity index (χ1n) is 8.46. The van der Waals surface area contributed by atoms with Gasteiger partial charge in [-0.25, -0.2) is 4.99 Å². The van der Waals surface area contributed by atoms with Crippen LogP contribution in [0.5, 0.6) is 5.75 Å². The summed E-state index contributed by atoms with van der Waals surface area (Å²) in [5.74, 6) is 1.41. The number of amides is 1. The number of benzene rings is 1. The van der Waals surface area contributed by atoms with Gasteiger partial charge in [0, 0.05) is 31.1 Å². The number of nitrogens with one attached hydrogen (secondary N) is 2. The molecule has 0 aliphatic heterocycles. The minimum absolute atomic E-state index is 0. The SMILES string of the molecule is COc1ccccc1CN=C(NCCc1cccs1)NCC(=O)N(C)C.I. The molecule has 2 N–H and O–H groups in total. The van der Waals surface area contributed by atoms with Crippen molar-refractivity contribution >= 4 is 47.2 Å². The molecule has 0 aliphatic carbocycles. The van der Waals surface area contributed by atoms with E-state index in [1.165, 1.54) is 4.88 Å². The number of carbonyl (C=O) groups excluding carboxylic acids is 1. The first-order chi connectivity index (χ1) is 12.6. The maximum Gasteiger partial charge on any atom is 0.241 e. The topological polar surface area (TPSA) is 66.0 Å². The maximum absolute atomic E-state index is 11.8. The van der Waals surface area contributed by atoms with E-state index in [9.17, 15) is 4.79 Å². The fourth-order valence-electron chi connectivity index (χ4n) is 2.25. The Morgan fingerprint density at radius 1 is 1.19 bits per heavy atom. The summed E-state index contributed by atoms with van der Waals surface area (Å²) in [6.07, 6.45) is 0.911. The molecule has 2 rings (SSSR count). The van der Waals surface area contributed by atoms with Crippen LogP contribution in [0.2, 0.25) is 0 Å². The van der Waals surface area contributed by atoms with Crippen molar-refractivity contribution in [2.75, 3.05) is 34.3 Å². The van der Waals surface area contributed by atoms with Crippen LogP contribution < -0.4 is 15.4 Å². The standard InChI is InChI=1S/C19H26N4O2S.HI/c1-23(2)18(24)14-22-19(20-11-10-16-8-6-12-26-16)21-13-15-7-4-5-9-17(15)25-3;/h4-9,12H,10-11,13-14H2,1-3H3,(H2,20,21,22);1H. The zero-order valence-corrected chi connectivity index (χ0v) is 19.0. The number of hydrogen-bond acceptors (Lipinski definition) is 4. The molecule has 1 aromatic carbocycles. The van der Waals surface area contributed by atoms with E-state index in [0.29, 0.717) is 12.5 Å². The number of nitrogens with zero attached hydrogens (tertiary/aromatic N) is 2. The first-order valence-corrected chi connectivity index (χ1v) is 9.34. The third kappa shape index (κ3) is 8.17. The predicted octanol–water partition coefficient (Wildman–Crippen LogP) is 2.74. The molecule has 0 spiro atoms. The van der Waals surface area contributed by atoms with Crippen molar-refractivity contribution in [3.05, 3.63) is 52.2 Å². The molecule has 148 valence electrons. The molecule has 0 bridgehead atoms. The Hall–Kier alpha value is -1.81. The summed E-state index contributed by atoms with van der Waals surface area (Å²) < 4.78 is 5.37. The van der Waals surface area contributed by atoms with Crippen molar-refractivity contribution in [3.8, 4) is 5.75 Å². The second kappa shape index (κ2) is 12.6. The quantitative estimate of drug-likeness (QED) is 0.331. The highest BCUT2D eigenvalue weighted by Crippen LogP contribution is 2.17. The van der Waals surface area contributed by atoms with E-state index in [-0.39, 0.29) is 36.4 Å². The number of aliphatic imine (C=N–C) groups is 1. The minimum Gasteiger partial charge on any atom is -0.496 e.